The average Bonchev–Trinajstić information content (AvgIpc) is 2.93. The minimum absolute atomic E-state index is 0.326. The van der Waals surface area contributed by atoms with Crippen LogP contribution >= 0.6 is 0 Å². The van der Waals surface area contributed by atoms with Crippen LogP contribution in [0.1, 0.15) is 49.3 Å². The lowest BCUT2D eigenvalue weighted by Gasteiger charge is -2.34. The Balaban J connectivity index is 1.38. The Morgan fingerprint density at radius 2 is 1.69 bits per heavy atom. The molecule has 0 saturated carbocycles. The molecular formula is C31H36F3N3O2. The number of urea groups is 1. The molecule has 4 rings (SSSR count). The number of ether oxygens (including phenoxy) is 1. The number of benzene rings is 3. The Labute approximate surface area is 228 Å². The van der Waals surface area contributed by atoms with Crippen LogP contribution in [0.2, 0.25) is 0 Å². The van der Waals surface area contributed by atoms with E-state index in [4.69, 9.17) is 4.74 Å². The number of alkyl halides is 3. The summed E-state index contributed by atoms with van der Waals surface area (Å²) in [5.74, 6) is 0.738. The Hall–Kier alpha value is -3.52. The molecule has 2 amide bonds. The van der Waals surface area contributed by atoms with Crippen molar-refractivity contribution in [1.29, 1.82) is 0 Å². The lowest BCUT2D eigenvalue weighted by atomic mass is 10.0. The van der Waals surface area contributed by atoms with Gasteiger partial charge in [0.15, 0.2) is 0 Å². The first-order valence-corrected chi connectivity index (χ1v) is 13.5. The molecule has 208 valence electrons. The number of carbonyl (C=O) groups is 1. The first kappa shape index (κ1) is 28.5. The van der Waals surface area contributed by atoms with Crippen LogP contribution in [0, 0.1) is 0 Å². The van der Waals surface area contributed by atoms with Gasteiger partial charge >= 0.3 is 12.2 Å². The zero-order valence-corrected chi connectivity index (χ0v) is 22.3. The molecule has 0 aromatic heterocycles. The van der Waals surface area contributed by atoms with Gasteiger partial charge in [-0.25, -0.2) is 4.79 Å². The third-order valence-electron chi connectivity index (χ3n) is 7.11. The van der Waals surface area contributed by atoms with E-state index in [1.807, 2.05) is 54.6 Å². The van der Waals surface area contributed by atoms with Gasteiger partial charge in [-0.05, 0) is 80.3 Å². The van der Waals surface area contributed by atoms with Crippen LogP contribution in [0.3, 0.4) is 0 Å². The Morgan fingerprint density at radius 1 is 0.974 bits per heavy atom. The molecule has 3 aromatic rings. The van der Waals surface area contributed by atoms with Gasteiger partial charge in [-0.2, -0.15) is 13.2 Å². The smallest absolute Gasteiger partial charge is 0.416 e. The molecule has 1 atom stereocenters. The molecule has 0 aliphatic carbocycles. The van der Waals surface area contributed by atoms with Gasteiger partial charge in [0.25, 0.3) is 0 Å². The molecule has 3 aromatic carbocycles. The lowest BCUT2D eigenvalue weighted by Crippen LogP contribution is -2.40. The highest BCUT2D eigenvalue weighted by molar-refractivity contribution is 5.89. The van der Waals surface area contributed by atoms with Crippen LogP contribution in [0.15, 0.2) is 78.9 Å². The summed E-state index contributed by atoms with van der Waals surface area (Å²) in [7, 11) is 0. The van der Waals surface area contributed by atoms with Gasteiger partial charge in [-0.15, -0.1) is 0 Å². The van der Waals surface area contributed by atoms with Gasteiger partial charge in [0.05, 0.1) is 5.56 Å². The fraction of sp³-hybridized carbons (Fsp3) is 0.387. The second-order valence-electron chi connectivity index (χ2n) is 10.1. The van der Waals surface area contributed by atoms with Gasteiger partial charge in [-0.1, -0.05) is 48.9 Å². The van der Waals surface area contributed by atoms with Gasteiger partial charge in [0.1, 0.15) is 12.4 Å². The first-order valence-electron chi connectivity index (χ1n) is 13.5. The number of nitrogens with zero attached hydrogens (tertiary/aromatic N) is 2. The Bertz CT molecular complexity index is 1170. The van der Waals surface area contributed by atoms with E-state index in [2.05, 4.69) is 17.1 Å². The second-order valence-corrected chi connectivity index (χ2v) is 10.1. The van der Waals surface area contributed by atoms with Crippen molar-refractivity contribution in [2.45, 2.75) is 58.0 Å². The maximum absolute atomic E-state index is 13.2. The van der Waals surface area contributed by atoms with Crippen LogP contribution < -0.4 is 10.1 Å². The van der Waals surface area contributed by atoms with Gasteiger partial charge in [0.2, 0.25) is 0 Å². The van der Waals surface area contributed by atoms with Crippen molar-refractivity contribution in [3.63, 3.8) is 0 Å². The summed E-state index contributed by atoms with van der Waals surface area (Å²) in [6.07, 6.45) is 0.0303. The third kappa shape index (κ3) is 8.75. The largest absolute Gasteiger partial charge is 0.489 e. The standard InChI is InChI=1S/C31H36F3N3O2/c1-24-8-5-6-19-36(24)20-7-21-37(30(38)35-28-15-13-27(14-16-28)31(32,33)34)22-25-11-17-29(18-12-25)39-23-26-9-3-2-4-10-26/h2-4,9-18,24H,5-8,19-23H2,1H3,(H,35,38). The van der Waals surface area contributed by atoms with E-state index in [1.165, 1.54) is 31.4 Å². The summed E-state index contributed by atoms with van der Waals surface area (Å²) in [4.78, 5) is 17.4. The topological polar surface area (TPSA) is 44.8 Å². The zero-order valence-electron chi connectivity index (χ0n) is 22.3. The van der Waals surface area contributed by atoms with E-state index >= 15 is 0 Å². The molecule has 39 heavy (non-hydrogen) atoms. The molecule has 8 heteroatoms. The van der Waals surface area contributed by atoms with E-state index in [9.17, 15) is 18.0 Å². The van der Waals surface area contributed by atoms with Crippen molar-refractivity contribution in [1.82, 2.24) is 9.80 Å². The molecular weight excluding hydrogens is 503 g/mol. The molecule has 1 N–H and O–H groups in total. The van der Waals surface area contributed by atoms with Crippen LogP contribution in [-0.4, -0.2) is 41.5 Å². The summed E-state index contributed by atoms with van der Waals surface area (Å²) >= 11 is 0. The van der Waals surface area contributed by atoms with Gasteiger partial charge in [-0.3, -0.25) is 0 Å². The minimum atomic E-state index is -4.42. The predicted octanol–water partition coefficient (Wildman–Crippen LogP) is 7.58. The Morgan fingerprint density at radius 3 is 2.36 bits per heavy atom. The van der Waals surface area contributed by atoms with E-state index < -0.39 is 11.7 Å². The van der Waals surface area contributed by atoms with Crippen molar-refractivity contribution in [3.8, 4) is 5.75 Å². The Kier molecular flexibility index (Phi) is 9.87. The monoisotopic (exact) mass is 539 g/mol. The van der Waals surface area contributed by atoms with Crippen LogP contribution in [0.4, 0.5) is 23.7 Å². The summed E-state index contributed by atoms with van der Waals surface area (Å²) in [6, 6.07) is 22.3. The SMILES string of the molecule is CC1CCCCN1CCCN(Cc1ccc(OCc2ccccc2)cc1)C(=O)Nc1ccc(C(F)(F)F)cc1. The molecule has 0 radical (unpaired) electrons. The molecule has 1 heterocycles. The van der Waals surface area contributed by atoms with E-state index in [0.29, 0.717) is 31.4 Å². The summed E-state index contributed by atoms with van der Waals surface area (Å²) in [5, 5.41) is 2.77. The van der Waals surface area contributed by atoms with E-state index in [0.717, 1.165) is 48.5 Å². The quantitative estimate of drug-likeness (QED) is 0.289. The number of nitrogens with one attached hydrogen (secondary N) is 1. The molecule has 0 spiro atoms. The molecule has 1 aliphatic rings. The number of hydrogen-bond acceptors (Lipinski definition) is 3. The molecule has 1 fully saturated rings. The van der Waals surface area contributed by atoms with Crippen molar-refractivity contribution in [2.75, 3.05) is 25.0 Å². The maximum Gasteiger partial charge on any atom is 0.416 e. The van der Waals surface area contributed by atoms with Gasteiger partial charge in [0, 0.05) is 31.4 Å². The van der Waals surface area contributed by atoms with Crippen LogP contribution in [0.5, 0.6) is 5.75 Å². The number of hydrogen-bond donors (Lipinski definition) is 1. The van der Waals surface area contributed by atoms with Crippen LogP contribution in [0.25, 0.3) is 0 Å². The highest BCUT2D eigenvalue weighted by atomic mass is 19.4. The second kappa shape index (κ2) is 13.5. The number of halogens is 3. The van der Waals surface area contributed by atoms with Crippen molar-refractivity contribution in [3.05, 3.63) is 95.6 Å². The minimum Gasteiger partial charge on any atom is -0.489 e. The summed E-state index contributed by atoms with van der Waals surface area (Å²) in [6.45, 7) is 5.59. The van der Waals surface area contributed by atoms with E-state index in [1.54, 1.807) is 4.90 Å². The molecule has 1 aliphatic heterocycles. The third-order valence-corrected chi connectivity index (χ3v) is 7.11. The number of amides is 2. The zero-order chi connectivity index (χ0) is 27.7. The fourth-order valence-electron chi connectivity index (χ4n) is 4.80. The maximum atomic E-state index is 13.2. The normalized spacial score (nSPS) is 16.1. The highest BCUT2D eigenvalue weighted by Crippen LogP contribution is 2.30. The van der Waals surface area contributed by atoms with Gasteiger partial charge < -0.3 is 19.9 Å². The highest BCUT2D eigenvalue weighted by Gasteiger charge is 2.30. The van der Waals surface area contributed by atoms with Crippen molar-refractivity contribution < 1.29 is 22.7 Å². The fourth-order valence-corrected chi connectivity index (χ4v) is 4.80. The van der Waals surface area contributed by atoms with Crippen molar-refractivity contribution in [2.24, 2.45) is 0 Å². The number of piperidine rings is 1. The summed E-state index contributed by atoms with van der Waals surface area (Å²) < 4.78 is 44.7. The predicted molar refractivity (Wildman–Crippen MR) is 148 cm³/mol. The van der Waals surface area contributed by atoms with Crippen molar-refractivity contribution >= 4 is 11.7 Å². The number of carbonyl (C=O) groups excluding carboxylic acids is 1. The molecule has 1 saturated heterocycles. The number of anilines is 1. The lowest BCUT2D eigenvalue weighted by molar-refractivity contribution is -0.137. The molecule has 0 bridgehead atoms. The molecule has 1 unspecified atom stereocenters. The summed E-state index contributed by atoms with van der Waals surface area (Å²) in [5.41, 5.74) is 1.60. The number of rotatable bonds is 10. The van der Waals surface area contributed by atoms with Crippen LogP contribution in [-0.2, 0) is 19.3 Å². The molecule has 5 nitrogen and oxygen atoms in total. The van der Waals surface area contributed by atoms with E-state index in [-0.39, 0.29) is 6.03 Å². The average molecular weight is 540 g/mol. The first-order chi connectivity index (χ1) is 18.8. The number of likely N-dealkylation sites (tertiary alicyclic amines) is 1.